The molecule has 1 amide bonds. The zero-order valence-electron chi connectivity index (χ0n) is 22.5. The second-order valence-corrected chi connectivity index (χ2v) is 10.9. The normalized spacial score (nSPS) is 17.2. The highest BCUT2D eigenvalue weighted by molar-refractivity contribution is 5.83. The first kappa shape index (κ1) is 26.0. The number of nitrogens with zero attached hydrogens (tertiary/aromatic N) is 5. The van der Waals surface area contributed by atoms with Crippen molar-refractivity contribution in [2.45, 2.75) is 78.1 Å². The van der Waals surface area contributed by atoms with E-state index in [-0.39, 0.29) is 12.1 Å². The third kappa shape index (κ3) is 6.19. The topological polar surface area (TPSA) is 91.3 Å². The molecule has 9 heteroatoms. The highest BCUT2D eigenvalue weighted by Gasteiger charge is 2.30. The first-order valence-electron chi connectivity index (χ1n) is 13.1. The molecule has 2 atom stereocenters. The summed E-state index contributed by atoms with van der Waals surface area (Å²) in [6.07, 6.45) is 4.36. The molecule has 0 radical (unpaired) electrons. The largest absolute Gasteiger partial charge is 0.444 e. The molecule has 2 aromatic heterocycles. The van der Waals surface area contributed by atoms with Crippen molar-refractivity contribution in [1.29, 1.82) is 0 Å². The molecule has 9 nitrogen and oxygen atoms in total. The number of aromatic nitrogens is 4. The van der Waals surface area contributed by atoms with Crippen molar-refractivity contribution < 1.29 is 9.53 Å². The molecule has 1 unspecified atom stereocenters. The molecule has 0 aliphatic carbocycles. The van der Waals surface area contributed by atoms with E-state index in [9.17, 15) is 4.79 Å². The molecule has 0 bridgehead atoms. The van der Waals surface area contributed by atoms with Crippen molar-refractivity contribution >= 4 is 22.9 Å². The molecular formula is C27H41N7O2. The Morgan fingerprint density at radius 1 is 1.31 bits per heavy atom. The number of benzene rings is 1. The highest BCUT2D eigenvalue weighted by Crippen LogP contribution is 2.24. The van der Waals surface area contributed by atoms with Gasteiger partial charge in [0.1, 0.15) is 11.4 Å². The molecule has 1 aromatic carbocycles. The highest BCUT2D eigenvalue weighted by atomic mass is 16.6. The summed E-state index contributed by atoms with van der Waals surface area (Å²) in [4.78, 5) is 20.3. The van der Waals surface area contributed by atoms with Crippen molar-refractivity contribution in [3.05, 3.63) is 41.9 Å². The number of carbonyl (C=O) groups excluding carboxylic acids is 1. The van der Waals surface area contributed by atoms with Gasteiger partial charge >= 0.3 is 6.09 Å². The van der Waals surface area contributed by atoms with E-state index in [0.717, 1.165) is 49.8 Å². The number of H-pyrrole nitrogens is 1. The van der Waals surface area contributed by atoms with Gasteiger partial charge in [-0.1, -0.05) is 25.1 Å². The maximum atomic E-state index is 12.3. The zero-order chi connectivity index (χ0) is 25.9. The predicted octanol–water partition coefficient (Wildman–Crippen LogP) is 4.18. The van der Waals surface area contributed by atoms with Crippen LogP contribution in [0.3, 0.4) is 0 Å². The summed E-state index contributed by atoms with van der Waals surface area (Å²) in [7, 11) is 2.17. The van der Waals surface area contributed by atoms with E-state index < -0.39 is 5.60 Å². The van der Waals surface area contributed by atoms with Crippen molar-refractivity contribution in [3.63, 3.8) is 0 Å². The van der Waals surface area contributed by atoms with Gasteiger partial charge in [-0.25, -0.2) is 4.79 Å². The van der Waals surface area contributed by atoms with Crippen LogP contribution in [0.5, 0.6) is 0 Å². The van der Waals surface area contributed by atoms with Crippen molar-refractivity contribution in [2.24, 2.45) is 0 Å². The molecule has 1 saturated heterocycles. The van der Waals surface area contributed by atoms with Crippen LogP contribution in [0.15, 0.2) is 30.5 Å². The van der Waals surface area contributed by atoms with Gasteiger partial charge in [-0.15, -0.1) is 10.2 Å². The Morgan fingerprint density at radius 2 is 2.08 bits per heavy atom. The van der Waals surface area contributed by atoms with Crippen LogP contribution in [0, 0.1) is 0 Å². The number of aromatic amines is 1. The fourth-order valence-corrected chi connectivity index (χ4v) is 4.69. The smallest absolute Gasteiger partial charge is 0.407 e. The summed E-state index contributed by atoms with van der Waals surface area (Å²) < 4.78 is 7.71. The minimum Gasteiger partial charge on any atom is -0.444 e. The van der Waals surface area contributed by atoms with Crippen molar-refractivity contribution in [3.8, 4) is 0 Å². The van der Waals surface area contributed by atoms with Gasteiger partial charge in [0, 0.05) is 55.7 Å². The van der Waals surface area contributed by atoms with Crippen LogP contribution in [0.25, 0.3) is 10.9 Å². The fourth-order valence-electron chi connectivity index (χ4n) is 4.69. The van der Waals surface area contributed by atoms with Crippen LogP contribution in [0.4, 0.5) is 10.7 Å². The lowest BCUT2D eigenvalue weighted by Gasteiger charge is -2.25. The average Bonchev–Trinajstić information content (AvgIpc) is 3.55. The number of fused-ring (bicyclic) bond motifs is 1. The van der Waals surface area contributed by atoms with E-state index in [1.165, 1.54) is 10.9 Å². The summed E-state index contributed by atoms with van der Waals surface area (Å²) in [5.41, 5.74) is 1.83. The Kier molecular flexibility index (Phi) is 7.88. The van der Waals surface area contributed by atoms with E-state index >= 15 is 0 Å². The summed E-state index contributed by atoms with van der Waals surface area (Å²) >= 11 is 0. The Hall–Kier alpha value is -3.07. The number of hydrogen-bond acceptors (Lipinski definition) is 6. The van der Waals surface area contributed by atoms with Crippen LogP contribution in [0.2, 0.25) is 0 Å². The number of alkyl carbamates (subject to hydrolysis) is 1. The molecule has 2 N–H and O–H groups in total. The number of hydrogen-bond donors (Lipinski definition) is 2. The molecule has 36 heavy (non-hydrogen) atoms. The SMILES string of the molecule is CCC(C)N(C)CCn1c(Cc2c[nH]c3ccccc23)nnc1N1CC[C@H](NC(=O)OC(C)(C)C)C1. The second-order valence-electron chi connectivity index (χ2n) is 10.9. The number of ether oxygens (including phenoxy) is 1. The number of rotatable bonds is 9. The van der Waals surface area contributed by atoms with Crippen LogP contribution in [-0.4, -0.2) is 75.1 Å². The van der Waals surface area contributed by atoms with Gasteiger partial charge in [0.25, 0.3) is 0 Å². The van der Waals surface area contributed by atoms with E-state index in [4.69, 9.17) is 4.74 Å². The van der Waals surface area contributed by atoms with Gasteiger partial charge in [-0.2, -0.15) is 0 Å². The van der Waals surface area contributed by atoms with E-state index in [2.05, 4.69) is 80.2 Å². The van der Waals surface area contributed by atoms with Gasteiger partial charge in [-0.05, 0) is 59.2 Å². The van der Waals surface area contributed by atoms with Crippen LogP contribution >= 0.6 is 0 Å². The number of carbonyl (C=O) groups is 1. The number of likely N-dealkylation sites (N-methyl/N-ethyl adjacent to an activating group) is 1. The van der Waals surface area contributed by atoms with Crippen LogP contribution in [-0.2, 0) is 17.7 Å². The first-order valence-corrected chi connectivity index (χ1v) is 13.1. The monoisotopic (exact) mass is 495 g/mol. The molecule has 0 spiro atoms. The second kappa shape index (κ2) is 10.9. The molecule has 1 aliphatic rings. The summed E-state index contributed by atoms with van der Waals surface area (Å²) in [6, 6.07) is 8.88. The van der Waals surface area contributed by atoms with E-state index in [0.29, 0.717) is 19.0 Å². The van der Waals surface area contributed by atoms with Crippen LogP contribution in [0.1, 0.15) is 58.8 Å². The van der Waals surface area contributed by atoms with Crippen molar-refractivity contribution in [1.82, 2.24) is 30.0 Å². The number of nitrogens with one attached hydrogen (secondary N) is 2. The lowest BCUT2D eigenvalue weighted by atomic mass is 10.1. The van der Waals surface area contributed by atoms with Gasteiger partial charge in [0.2, 0.25) is 5.95 Å². The standard InChI is InChI=1S/C27H41N7O2/c1-7-19(2)32(6)14-15-34-24(16-20-17-28-23-11-9-8-10-22(20)23)30-31-25(34)33-13-12-21(18-33)29-26(35)36-27(3,4)5/h8-11,17,19,21,28H,7,12-16,18H2,1-6H3,(H,29,35)/t19?,21-/m0/s1. The maximum absolute atomic E-state index is 12.3. The minimum absolute atomic E-state index is 0.0184. The third-order valence-corrected chi connectivity index (χ3v) is 7.04. The quantitative estimate of drug-likeness (QED) is 0.463. The minimum atomic E-state index is -0.512. The molecule has 3 heterocycles. The van der Waals surface area contributed by atoms with Crippen molar-refractivity contribution in [2.75, 3.05) is 31.6 Å². The van der Waals surface area contributed by atoms with Gasteiger partial charge < -0.3 is 24.8 Å². The summed E-state index contributed by atoms with van der Waals surface area (Å²) in [6.45, 7) is 13.3. The predicted molar refractivity (Wildman–Crippen MR) is 143 cm³/mol. The molecule has 0 saturated carbocycles. The van der Waals surface area contributed by atoms with Gasteiger partial charge in [-0.3, -0.25) is 4.57 Å². The number of anilines is 1. The maximum Gasteiger partial charge on any atom is 0.407 e. The van der Waals surface area contributed by atoms with Gasteiger partial charge in [0.15, 0.2) is 0 Å². The van der Waals surface area contributed by atoms with Gasteiger partial charge in [0.05, 0.1) is 6.04 Å². The van der Waals surface area contributed by atoms with E-state index in [1.807, 2.05) is 26.8 Å². The Labute approximate surface area is 214 Å². The zero-order valence-corrected chi connectivity index (χ0v) is 22.5. The lowest BCUT2D eigenvalue weighted by Crippen LogP contribution is -2.41. The number of amides is 1. The molecule has 4 rings (SSSR count). The lowest BCUT2D eigenvalue weighted by molar-refractivity contribution is 0.0509. The molecule has 1 aliphatic heterocycles. The fraction of sp³-hybridized carbons (Fsp3) is 0.593. The molecule has 3 aromatic rings. The third-order valence-electron chi connectivity index (χ3n) is 7.04. The molecule has 196 valence electrons. The average molecular weight is 496 g/mol. The van der Waals surface area contributed by atoms with Crippen LogP contribution < -0.4 is 10.2 Å². The number of para-hydroxylation sites is 1. The molecule has 1 fully saturated rings. The first-order chi connectivity index (χ1) is 17.1. The Bertz CT molecular complexity index is 1160. The Balaban J connectivity index is 1.53. The summed E-state index contributed by atoms with van der Waals surface area (Å²) in [5.74, 6) is 1.83. The van der Waals surface area contributed by atoms with E-state index in [1.54, 1.807) is 0 Å². The Morgan fingerprint density at radius 3 is 2.83 bits per heavy atom. The summed E-state index contributed by atoms with van der Waals surface area (Å²) in [5, 5.41) is 13.5. The molecular weight excluding hydrogens is 454 g/mol.